The molecule has 60 heavy (non-hydrogen) atoms. The Morgan fingerprint density at radius 2 is 1.40 bits per heavy atom. The Hall–Kier alpha value is -6.36. The van der Waals surface area contributed by atoms with E-state index < -0.39 is 0 Å². The smallest absolute Gasteiger partial charge is 0.144 e. The first-order chi connectivity index (χ1) is 29.3. The predicted octanol–water partition coefficient (Wildman–Crippen LogP) is 16.7. The number of furan rings is 1. The number of rotatable bonds is 6. The van der Waals surface area contributed by atoms with E-state index >= 15 is 0 Å². The lowest BCUT2D eigenvalue weighted by atomic mass is 9.89. The summed E-state index contributed by atoms with van der Waals surface area (Å²) >= 11 is 1.93. The molecule has 0 fully saturated rings. The van der Waals surface area contributed by atoms with Gasteiger partial charge in [-0.25, -0.2) is 0 Å². The number of hydrogen-bond acceptors (Lipinski definition) is 4. The van der Waals surface area contributed by atoms with Gasteiger partial charge in [0.25, 0.3) is 0 Å². The van der Waals surface area contributed by atoms with Crippen LogP contribution in [0.3, 0.4) is 0 Å². The molecule has 0 saturated carbocycles. The van der Waals surface area contributed by atoms with Gasteiger partial charge in [0.2, 0.25) is 0 Å². The van der Waals surface area contributed by atoms with Crippen LogP contribution in [0, 0.1) is 13.8 Å². The number of nitrogens with zero attached hydrogens (tertiary/aromatic N) is 2. The minimum absolute atomic E-state index is 0.676. The Morgan fingerprint density at radius 3 is 2.17 bits per heavy atom. The van der Waals surface area contributed by atoms with E-state index in [2.05, 4.69) is 149 Å². The molecular weight excluding hydrogens is 749 g/mol. The minimum atomic E-state index is 0.676. The highest BCUT2D eigenvalue weighted by molar-refractivity contribution is 7.26. The Morgan fingerprint density at radius 1 is 0.717 bits per heavy atom. The molecule has 0 atom stereocenters. The summed E-state index contributed by atoms with van der Waals surface area (Å²) in [6.07, 6.45) is 6.38. The maximum absolute atomic E-state index is 6.22. The van der Waals surface area contributed by atoms with Crippen LogP contribution < -0.4 is 0 Å². The molecule has 2 aromatic heterocycles. The topological polar surface area (TPSA) is 37.9 Å². The quantitative estimate of drug-likeness (QED) is 0.154. The van der Waals surface area contributed by atoms with Gasteiger partial charge in [-0.15, -0.1) is 11.3 Å². The van der Waals surface area contributed by atoms with Crippen LogP contribution in [-0.2, 0) is 0 Å². The summed E-state index contributed by atoms with van der Waals surface area (Å²) in [7, 11) is 0. The number of thiophene rings is 1. The fourth-order valence-electron chi connectivity index (χ4n) is 8.79. The van der Waals surface area contributed by atoms with Gasteiger partial charge < -0.3 is 4.42 Å². The Kier molecular flexibility index (Phi) is 11.8. The van der Waals surface area contributed by atoms with Crippen molar-refractivity contribution in [2.75, 3.05) is 6.54 Å². The van der Waals surface area contributed by atoms with Crippen molar-refractivity contribution in [2.45, 2.75) is 61.3 Å². The van der Waals surface area contributed by atoms with Crippen molar-refractivity contribution in [3.8, 4) is 11.1 Å². The van der Waals surface area contributed by atoms with Gasteiger partial charge in [-0.3, -0.25) is 9.98 Å². The number of aliphatic imine (C=N–C) groups is 2. The molecule has 0 amide bonds. The van der Waals surface area contributed by atoms with Gasteiger partial charge >= 0.3 is 0 Å². The third kappa shape index (κ3) is 7.31. The monoisotopic (exact) mass is 800 g/mol. The molecule has 0 aliphatic heterocycles. The van der Waals surface area contributed by atoms with Crippen LogP contribution in [0.4, 0.5) is 0 Å². The first-order valence-corrected chi connectivity index (χ1v) is 22.0. The largest absolute Gasteiger partial charge is 0.455 e. The van der Waals surface area contributed by atoms with Crippen molar-refractivity contribution < 1.29 is 4.42 Å². The van der Waals surface area contributed by atoms with Crippen LogP contribution >= 0.6 is 11.3 Å². The molecule has 0 unspecified atom stereocenters. The third-order valence-corrected chi connectivity index (χ3v) is 12.8. The Labute approximate surface area is 357 Å². The van der Waals surface area contributed by atoms with E-state index in [1.54, 1.807) is 0 Å². The van der Waals surface area contributed by atoms with Crippen LogP contribution in [0.2, 0.25) is 0 Å². The fraction of sp³-hybridized carbons (Fsp3) is 0.179. The molecule has 7 aromatic carbocycles. The number of fused-ring (bicyclic) bond motifs is 10. The average Bonchev–Trinajstić information content (AvgIpc) is 3.87. The summed E-state index contributed by atoms with van der Waals surface area (Å²) < 4.78 is 9.00. The molecule has 0 saturated heterocycles. The highest BCUT2D eigenvalue weighted by Gasteiger charge is 2.20. The van der Waals surface area contributed by atoms with E-state index in [1.165, 1.54) is 75.1 Å². The van der Waals surface area contributed by atoms with Crippen LogP contribution in [0.15, 0.2) is 177 Å². The molecule has 0 spiro atoms. The molecule has 1 aliphatic carbocycles. The van der Waals surface area contributed by atoms with Gasteiger partial charge in [0.05, 0.1) is 17.1 Å². The number of para-hydroxylation sites is 2. The van der Waals surface area contributed by atoms with E-state index in [9.17, 15) is 0 Å². The van der Waals surface area contributed by atoms with E-state index in [0.717, 1.165) is 57.5 Å². The first-order valence-electron chi connectivity index (χ1n) is 21.2. The van der Waals surface area contributed by atoms with Gasteiger partial charge in [0, 0.05) is 43.1 Å². The van der Waals surface area contributed by atoms with Crippen molar-refractivity contribution in [2.24, 2.45) is 9.98 Å². The van der Waals surface area contributed by atoms with Gasteiger partial charge in [0.1, 0.15) is 11.2 Å². The highest BCUT2D eigenvalue weighted by Crippen LogP contribution is 2.47. The Bertz CT molecular complexity index is 3220. The minimum Gasteiger partial charge on any atom is -0.455 e. The second kappa shape index (κ2) is 17.5. The van der Waals surface area contributed by atoms with Gasteiger partial charge in [-0.1, -0.05) is 142 Å². The summed E-state index contributed by atoms with van der Waals surface area (Å²) in [5.41, 5.74) is 13.2. The summed E-state index contributed by atoms with van der Waals surface area (Å²) in [6, 6.07) is 45.4. The van der Waals surface area contributed by atoms with E-state index in [0.29, 0.717) is 6.54 Å². The van der Waals surface area contributed by atoms with Gasteiger partial charge in [-0.2, -0.15) is 0 Å². The van der Waals surface area contributed by atoms with Crippen LogP contribution in [-0.4, -0.2) is 18.0 Å². The average molecular weight is 801 g/mol. The molecule has 298 valence electrons. The molecule has 4 heteroatoms. The third-order valence-electron chi connectivity index (χ3n) is 11.5. The zero-order valence-corrected chi connectivity index (χ0v) is 36.6. The molecule has 1 aliphatic rings. The number of benzene rings is 7. The van der Waals surface area contributed by atoms with Crippen molar-refractivity contribution in [1.29, 1.82) is 0 Å². The molecule has 3 nitrogen and oxygen atoms in total. The van der Waals surface area contributed by atoms with Gasteiger partial charge in [0.15, 0.2) is 0 Å². The lowest BCUT2D eigenvalue weighted by Gasteiger charge is -2.15. The Balaban J connectivity index is 0.000000160. The summed E-state index contributed by atoms with van der Waals surface area (Å²) in [6.45, 7) is 19.6. The van der Waals surface area contributed by atoms with Crippen molar-refractivity contribution in [3.05, 3.63) is 180 Å². The second-order valence-corrected chi connectivity index (χ2v) is 16.2. The standard InChI is InChI=1S/C28H20S.C26H26N2O.C2H6/c1-17-9-3-5-11-20(17)25-18(2)28-27(23-14-8-7-13-22(23)25)26-21-12-6-4-10-19(21)15-16-24(26)29-28;1-5-27-25(19(4)28-18(3)20-12-7-6-11-17(20)2)23-15-10-14-22-21-13-8-9-16-24(21)29-26(22)23;1-2/h3-16H,1-2H3;6,8-11,13-16H,3,5,7,12H2,1-2,4H3;1-2H3. The van der Waals surface area contributed by atoms with Crippen LogP contribution in [0.25, 0.3) is 74.8 Å². The van der Waals surface area contributed by atoms with Gasteiger partial charge in [-0.05, 0) is 121 Å². The summed E-state index contributed by atoms with van der Waals surface area (Å²) in [5.74, 6) is 0. The highest BCUT2D eigenvalue weighted by atomic mass is 32.1. The van der Waals surface area contributed by atoms with E-state index in [1.807, 2.05) is 57.2 Å². The molecule has 2 heterocycles. The zero-order chi connectivity index (χ0) is 41.9. The number of hydrogen-bond donors (Lipinski definition) is 0. The normalized spacial score (nSPS) is 13.3. The lowest BCUT2D eigenvalue weighted by Crippen LogP contribution is -2.14. The maximum atomic E-state index is 6.22. The molecule has 0 bridgehead atoms. The fourth-order valence-corrected chi connectivity index (χ4v) is 10.0. The SMILES string of the molecule is C=C(N=C(C)C(=NCC)c1cccc2c1oc1ccccc12)C1=C(C)C=CCC1.CC.Cc1ccccc1-c1c(C)c2sc3ccc4ccccc4c3c2c2ccccc12. The lowest BCUT2D eigenvalue weighted by molar-refractivity contribution is 0.668. The summed E-state index contributed by atoms with van der Waals surface area (Å²) in [5, 5.41) is 10.4. The molecule has 0 N–H and O–H groups in total. The number of aryl methyl sites for hydroxylation is 2. The molecule has 9 aromatic rings. The molecular formula is C56H52N2OS. The molecule has 10 rings (SSSR count). The molecule has 0 radical (unpaired) electrons. The predicted molar refractivity (Wildman–Crippen MR) is 265 cm³/mol. The van der Waals surface area contributed by atoms with Crippen LogP contribution in [0.1, 0.15) is 64.2 Å². The zero-order valence-electron chi connectivity index (χ0n) is 35.8. The van der Waals surface area contributed by atoms with Crippen molar-refractivity contribution in [3.63, 3.8) is 0 Å². The van der Waals surface area contributed by atoms with Crippen molar-refractivity contribution in [1.82, 2.24) is 0 Å². The van der Waals surface area contributed by atoms with E-state index in [4.69, 9.17) is 14.4 Å². The first kappa shape index (κ1) is 40.4. The maximum Gasteiger partial charge on any atom is 0.144 e. The van der Waals surface area contributed by atoms with Crippen LogP contribution in [0.5, 0.6) is 0 Å². The summed E-state index contributed by atoms with van der Waals surface area (Å²) in [4.78, 5) is 9.65. The van der Waals surface area contributed by atoms with Crippen molar-refractivity contribution >= 4 is 86.4 Å². The van der Waals surface area contributed by atoms with E-state index in [-0.39, 0.29) is 0 Å². The second-order valence-electron chi connectivity index (χ2n) is 15.2. The number of allylic oxidation sites excluding steroid dienone is 4.